The van der Waals surface area contributed by atoms with Crippen LogP contribution in [0.4, 0.5) is 0 Å². The molecule has 0 fully saturated rings. The predicted octanol–water partition coefficient (Wildman–Crippen LogP) is 0.878. The molecule has 0 saturated heterocycles. The van der Waals surface area contributed by atoms with Gasteiger partial charge < -0.3 is 10.1 Å². The van der Waals surface area contributed by atoms with Crippen LogP contribution < -0.4 is 5.32 Å². The molecule has 80 valence electrons. The number of esters is 1. The van der Waals surface area contributed by atoms with Gasteiger partial charge in [-0.2, -0.15) is 0 Å². The van der Waals surface area contributed by atoms with Crippen molar-refractivity contribution in [2.75, 3.05) is 13.7 Å². The standard InChI is InChI=1S/C10H17NO3/c1-8(12)11-7-5-6-10(2,3)9(13)14-4/h5-6H,7H2,1-4H3,(H,11,12)/b6-5+. The second-order valence-electron chi connectivity index (χ2n) is 3.55. The summed E-state index contributed by atoms with van der Waals surface area (Å²) in [7, 11) is 1.35. The number of carbonyl (C=O) groups is 2. The molecule has 0 heterocycles. The minimum atomic E-state index is -0.646. The Balaban J connectivity index is 4.08. The Morgan fingerprint density at radius 3 is 2.43 bits per heavy atom. The highest BCUT2D eigenvalue weighted by atomic mass is 16.5. The van der Waals surface area contributed by atoms with E-state index in [0.717, 1.165) is 0 Å². The molecule has 0 aliphatic rings. The molecule has 0 aliphatic heterocycles. The van der Waals surface area contributed by atoms with Crippen LogP contribution in [0.25, 0.3) is 0 Å². The first-order valence-corrected chi connectivity index (χ1v) is 4.40. The summed E-state index contributed by atoms with van der Waals surface area (Å²) < 4.78 is 4.62. The highest BCUT2D eigenvalue weighted by Crippen LogP contribution is 2.18. The highest BCUT2D eigenvalue weighted by Gasteiger charge is 2.24. The van der Waals surface area contributed by atoms with Crippen molar-refractivity contribution < 1.29 is 14.3 Å². The van der Waals surface area contributed by atoms with E-state index in [2.05, 4.69) is 10.1 Å². The van der Waals surface area contributed by atoms with Crippen molar-refractivity contribution in [2.45, 2.75) is 20.8 Å². The van der Waals surface area contributed by atoms with Crippen LogP contribution in [-0.4, -0.2) is 25.5 Å². The van der Waals surface area contributed by atoms with Gasteiger partial charge in [-0.05, 0) is 13.8 Å². The molecule has 0 aromatic carbocycles. The Morgan fingerprint density at radius 1 is 1.43 bits per heavy atom. The van der Waals surface area contributed by atoms with Crippen LogP contribution >= 0.6 is 0 Å². The van der Waals surface area contributed by atoms with Crippen molar-refractivity contribution >= 4 is 11.9 Å². The molecule has 4 heteroatoms. The number of methoxy groups -OCH3 is 1. The molecule has 0 aliphatic carbocycles. The Kier molecular flexibility index (Phi) is 4.91. The molecule has 1 amide bonds. The van der Waals surface area contributed by atoms with Crippen LogP contribution in [0.1, 0.15) is 20.8 Å². The van der Waals surface area contributed by atoms with Gasteiger partial charge in [0.05, 0.1) is 12.5 Å². The lowest BCUT2D eigenvalue weighted by atomic mass is 9.93. The zero-order valence-corrected chi connectivity index (χ0v) is 9.09. The Hall–Kier alpha value is -1.32. The van der Waals surface area contributed by atoms with Crippen molar-refractivity contribution in [1.29, 1.82) is 0 Å². The number of carbonyl (C=O) groups excluding carboxylic acids is 2. The van der Waals surface area contributed by atoms with Gasteiger partial charge >= 0.3 is 5.97 Å². The number of hydrogen-bond acceptors (Lipinski definition) is 3. The Morgan fingerprint density at radius 2 is 2.00 bits per heavy atom. The number of ether oxygens (including phenoxy) is 1. The molecular weight excluding hydrogens is 182 g/mol. The van der Waals surface area contributed by atoms with Crippen LogP contribution in [-0.2, 0) is 14.3 Å². The maximum absolute atomic E-state index is 11.2. The van der Waals surface area contributed by atoms with Crippen LogP contribution in [0.15, 0.2) is 12.2 Å². The van der Waals surface area contributed by atoms with Gasteiger partial charge in [-0.1, -0.05) is 12.2 Å². The number of hydrogen-bond donors (Lipinski definition) is 1. The van der Waals surface area contributed by atoms with E-state index in [9.17, 15) is 9.59 Å². The van der Waals surface area contributed by atoms with E-state index >= 15 is 0 Å². The fourth-order valence-corrected chi connectivity index (χ4v) is 0.887. The first kappa shape index (κ1) is 12.7. The smallest absolute Gasteiger partial charge is 0.315 e. The summed E-state index contributed by atoms with van der Waals surface area (Å²) in [6.45, 7) is 5.38. The van der Waals surface area contributed by atoms with Crippen molar-refractivity contribution in [1.82, 2.24) is 5.32 Å². The summed E-state index contributed by atoms with van der Waals surface area (Å²) in [6, 6.07) is 0. The summed E-state index contributed by atoms with van der Waals surface area (Å²) in [5, 5.41) is 2.60. The number of rotatable bonds is 4. The van der Waals surface area contributed by atoms with Gasteiger partial charge in [0, 0.05) is 13.5 Å². The van der Waals surface area contributed by atoms with Gasteiger partial charge in [-0.25, -0.2) is 0 Å². The lowest BCUT2D eigenvalue weighted by Crippen LogP contribution is -2.24. The molecule has 0 atom stereocenters. The minimum Gasteiger partial charge on any atom is -0.468 e. The van der Waals surface area contributed by atoms with Crippen LogP contribution in [0.3, 0.4) is 0 Å². The molecule has 0 unspecified atom stereocenters. The van der Waals surface area contributed by atoms with Gasteiger partial charge in [0.2, 0.25) is 5.91 Å². The zero-order valence-electron chi connectivity index (χ0n) is 9.09. The third-order valence-electron chi connectivity index (χ3n) is 1.71. The summed E-state index contributed by atoms with van der Waals surface area (Å²) in [4.78, 5) is 21.7. The van der Waals surface area contributed by atoms with Gasteiger partial charge in [0.15, 0.2) is 0 Å². The third-order valence-corrected chi connectivity index (χ3v) is 1.71. The number of amides is 1. The van der Waals surface area contributed by atoms with Gasteiger partial charge in [0.25, 0.3) is 0 Å². The van der Waals surface area contributed by atoms with Gasteiger partial charge in [-0.3, -0.25) is 9.59 Å². The Bertz CT molecular complexity index is 244. The highest BCUT2D eigenvalue weighted by molar-refractivity contribution is 5.78. The molecule has 0 spiro atoms. The van der Waals surface area contributed by atoms with E-state index in [4.69, 9.17) is 0 Å². The molecule has 0 aromatic heterocycles. The summed E-state index contributed by atoms with van der Waals surface area (Å²) >= 11 is 0. The van der Waals surface area contributed by atoms with E-state index in [0.29, 0.717) is 6.54 Å². The normalized spacial score (nSPS) is 11.4. The first-order valence-electron chi connectivity index (χ1n) is 4.40. The predicted molar refractivity (Wildman–Crippen MR) is 53.6 cm³/mol. The average Bonchev–Trinajstić information content (AvgIpc) is 2.10. The molecule has 0 radical (unpaired) electrons. The monoisotopic (exact) mass is 199 g/mol. The molecule has 4 nitrogen and oxygen atoms in total. The largest absolute Gasteiger partial charge is 0.468 e. The third kappa shape index (κ3) is 4.64. The second kappa shape index (κ2) is 5.42. The fraction of sp³-hybridized carbons (Fsp3) is 0.600. The van der Waals surface area contributed by atoms with Gasteiger partial charge in [-0.15, -0.1) is 0 Å². The topological polar surface area (TPSA) is 55.4 Å². The van der Waals surface area contributed by atoms with Crippen molar-refractivity contribution in [3.63, 3.8) is 0 Å². The van der Waals surface area contributed by atoms with Crippen molar-refractivity contribution in [3.05, 3.63) is 12.2 Å². The summed E-state index contributed by atoms with van der Waals surface area (Å²) in [6.07, 6.45) is 3.45. The molecule has 0 aromatic rings. The van der Waals surface area contributed by atoms with Crippen molar-refractivity contribution in [3.8, 4) is 0 Å². The average molecular weight is 199 g/mol. The molecule has 0 saturated carbocycles. The fourth-order valence-electron chi connectivity index (χ4n) is 0.887. The van der Waals surface area contributed by atoms with E-state index in [-0.39, 0.29) is 11.9 Å². The lowest BCUT2D eigenvalue weighted by Gasteiger charge is -2.16. The minimum absolute atomic E-state index is 0.0921. The zero-order chi connectivity index (χ0) is 11.2. The van der Waals surface area contributed by atoms with E-state index in [1.54, 1.807) is 26.0 Å². The van der Waals surface area contributed by atoms with Crippen LogP contribution in [0.2, 0.25) is 0 Å². The molecule has 0 rings (SSSR count). The molecular formula is C10H17NO3. The SMILES string of the molecule is COC(=O)C(C)(C)/C=C/CNC(C)=O. The van der Waals surface area contributed by atoms with Crippen LogP contribution in [0.5, 0.6) is 0 Å². The molecule has 1 N–H and O–H groups in total. The van der Waals surface area contributed by atoms with Gasteiger partial charge in [0.1, 0.15) is 0 Å². The van der Waals surface area contributed by atoms with Crippen molar-refractivity contribution in [2.24, 2.45) is 5.41 Å². The quantitative estimate of drug-likeness (QED) is 0.540. The van der Waals surface area contributed by atoms with E-state index < -0.39 is 5.41 Å². The molecule has 0 bridgehead atoms. The van der Waals surface area contributed by atoms with E-state index in [1.165, 1.54) is 14.0 Å². The maximum Gasteiger partial charge on any atom is 0.315 e. The first-order chi connectivity index (χ1) is 6.40. The van der Waals surface area contributed by atoms with Crippen LogP contribution in [0, 0.1) is 5.41 Å². The summed E-state index contributed by atoms with van der Waals surface area (Å²) in [5.41, 5.74) is -0.646. The second-order valence-corrected chi connectivity index (χ2v) is 3.55. The summed E-state index contributed by atoms with van der Waals surface area (Å²) in [5.74, 6) is -0.387. The molecule has 14 heavy (non-hydrogen) atoms. The Labute approximate surface area is 84.3 Å². The lowest BCUT2D eigenvalue weighted by molar-refractivity contribution is -0.148. The maximum atomic E-state index is 11.2. The van der Waals surface area contributed by atoms with E-state index in [1.807, 2.05) is 0 Å². The number of nitrogens with one attached hydrogen (secondary N) is 1.